The van der Waals surface area contributed by atoms with Crippen LogP contribution in [0.1, 0.15) is 53.7 Å². The fourth-order valence-corrected chi connectivity index (χ4v) is 3.78. The maximum atomic E-state index is 13.0. The minimum atomic E-state index is -1.11. The number of nitrogens with zero attached hydrogens (tertiary/aromatic N) is 3. The van der Waals surface area contributed by atoms with E-state index in [9.17, 15) is 14.7 Å². The van der Waals surface area contributed by atoms with Gasteiger partial charge in [0.25, 0.3) is 5.91 Å². The highest BCUT2D eigenvalue weighted by molar-refractivity contribution is 5.98. The second-order valence-electron chi connectivity index (χ2n) is 7.05. The van der Waals surface area contributed by atoms with Gasteiger partial charge in [0.2, 0.25) is 0 Å². The highest BCUT2D eigenvalue weighted by Gasteiger charge is 2.46. The van der Waals surface area contributed by atoms with Crippen molar-refractivity contribution in [1.82, 2.24) is 14.7 Å². The number of amides is 1. The molecule has 1 aliphatic rings. The van der Waals surface area contributed by atoms with Crippen LogP contribution in [0, 0.1) is 6.92 Å². The van der Waals surface area contributed by atoms with E-state index >= 15 is 0 Å². The standard InChI is InChI=1S/C20H25N3O3/c1-15-17(13-21-23(15)14-16-9-5-3-6-10-16)18(24)22(2)20(19(25)26)11-7-4-8-12-20/h3,5-6,9-10,13H,4,7-8,11-12,14H2,1-2H3,(H,25,26). The van der Waals surface area contributed by atoms with Crippen LogP contribution in [0.2, 0.25) is 0 Å². The lowest BCUT2D eigenvalue weighted by Crippen LogP contribution is -2.56. The summed E-state index contributed by atoms with van der Waals surface area (Å²) >= 11 is 0. The first kappa shape index (κ1) is 18.2. The van der Waals surface area contributed by atoms with E-state index in [1.165, 1.54) is 4.90 Å². The molecular formula is C20H25N3O3. The predicted molar refractivity (Wildman–Crippen MR) is 98.1 cm³/mol. The van der Waals surface area contributed by atoms with Gasteiger partial charge in [-0.1, -0.05) is 49.6 Å². The third-order valence-corrected chi connectivity index (χ3v) is 5.53. The normalized spacial score (nSPS) is 16.2. The Balaban J connectivity index is 1.84. The summed E-state index contributed by atoms with van der Waals surface area (Å²) in [6.07, 6.45) is 5.23. The first-order valence-electron chi connectivity index (χ1n) is 9.03. The van der Waals surface area contributed by atoms with Crippen LogP contribution in [-0.4, -0.2) is 44.3 Å². The average Bonchev–Trinajstić information content (AvgIpc) is 3.02. The van der Waals surface area contributed by atoms with Crippen LogP contribution in [0.3, 0.4) is 0 Å². The van der Waals surface area contributed by atoms with Gasteiger partial charge in [-0.3, -0.25) is 9.48 Å². The molecule has 2 aromatic rings. The number of carbonyl (C=O) groups excluding carboxylic acids is 1. The smallest absolute Gasteiger partial charge is 0.329 e. The van der Waals surface area contributed by atoms with Crippen LogP contribution in [0.4, 0.5) is 0 Å². The SMILES string of the molecule is Cc1c(C(=O)N(C)C2(C(=O)O)CCCCC2)cnn1Cc1ccccc1. The van der Waals surface area contributed by atoms with E-state index < -0.39 is 11.5 Å². The molecule has 0 aliphatic heterocycles. The minimum Gasteiger partial charge on any atom is -0.479 e. The van der Waals surface area contributed by atoms with E-state index in [2.05, 4.69) is 5.10 Å². The number of aromatic nitrogens is 2. The predicted octanol–water partition coefficient (Wildman–Crippen LogP) is 3.10. The minimum absolute atomic E-state index is 0.272. The summed E-state index contributed by atoms with van der Waals surface area (Å²) in [5, 5.41) is 14.2. The second-order valence-corrected chi connectivity index (χ2v) is 7.05. The van der Waals surface area contributed by atoms with Gasteiger partial charge in [0.15, 0.2) is 0 Å². The third kappa shape index (κ3) is 3.23. The van der Waals surface area contributed by atoms with Crippen LogP contribution < -0.4 is 0 Å². The van der Waals surface area contributed by atoms with Crippen molar-refractivity contribution in [3.8, 4) is 0 Å². The van der Waals surface area contributed by atoms with Crippen molar-refractivity contribution in [2.75, 3.05) is 7.05 Å². The van der Waals surface area contributed by atoms with Crippen molar-refractivity contribution in [1.29, 1.82) is 0 Å². The average molecular weight is 355 g/mol. The maximum absolute atomic E-state index is 13.0. The molecule has 0 saturated heterocycles. The first-order valence-corrected chi connectivity index (χ1v) is 9.03. The zero-order valence-electron chi connectivity index (χ0n) is 15.3. The number of hydrogen-bond donors (Lipinski definition) is 1. The molecular weight excluding hydrogens is 330 g/mol. The summed E-state index contributed by atoms with van der Waals surface area (Å²) in [6.45, 7) is 2.43. The molecule has 1 aliphatic carbocycles. The molecule has 1 saturated carbocycles. The fraction of sp³-hybridized carbons (Fsp3) is 0.450. The number of rotatable bonds is 5. The van der Waals surface area contributed by atoms with Crippen LogP contribution in [0.5, 0.6) is 0 Å². The van der Waals surface area contributed by atoms with Crippen LogP contribution in [-0.2, 0) is 11.3 Å². The summed E-state index contributed by atoms with van der Waals surface area (Å²) < 4.78 is 1.78. The molecule has 0 unspecified atom stereocenters. The molecule has 1 N–H and O–H groups in total. The molecule has 26 heavy (non-hydrogen) atoms. The number of carboxylic acid groups (broad SMARTS) is 1. The Morgan fingerprint density at radius 3 is 2.46 bits per heavy atom. The molecule has 138 valence electrons. The number of likely N-dealkylation sites (N-methyl/N-ethyl adjacent to an activating group) is 1. The lowest BCUT2D eigenvalue weighted by Gasteiger charge is -2.40. The number of hydrogen-bond acceptors (Lipinski definition) is 3. The van der Waals surface area contributed by atoms with Gasteiger partial charge in [-0.25, -0.2) is 4.79 Å². The third-order valence-electron chi connectivity index (χ3n) is 5.53. The van der Waals surface area contributed by atoms with Gasteiger partial charge in [-0.2, -0.15) is 5.10 Å². The van der Waals surface area contributed by atoms with Crippen molar-refractivity contribution in [3.63, 3.8) is 0 Å². The Labute approximate surface area is 153 Å². The van der Waals surface area contributed by atoms with Gasteiger partial charge < -0.3 is 10.0 Å². The van der Waals surface area contributed by atoms with Gasteiger partial charge in [-0.05, 0) is 25.3 Å². The summed E-state index contributed by atoms with van der Waals surface area (Å²) in [6, 6.07) is 9.91. The number of aliphatic carboxylic acids is 1. The van der Waals surface area contributed by atoms with Gasteiger partial charge in [0, 0.05) is 12.7 Å². The molecule has 0 bridgehead atoms. The number of carbonyl (C=O) groups is 2. The van der Waals surface area contributed by atoms with E-state index in [4.69, 9.17) is 0 Å². The van der Waals surface area contributed by atoms with E-state index in [1.807, 2.05) is 37.3 Å². The molecule has 6 heteroatoms. The van der Waals surface area contributed by atoms with Crippen LogP contribution >= 0.6 is 0 Å². The van der Waals surface area contributed by atoms with Gasteiger partial charge >= 0.3 is 5.97 Å². The van der Waals surface area contributed by atoms with E-state index in [0.29, 0.717) is 24.9 Å². The molecule has 1 aromatic heterocycles. The molecule has 1 amide bonds. The fourth-order valence-electron chi connectivity index (χ4n) is 3.78. The molecule has 1 fully saturated rings. The van der Waals surface area contributed by atoms with Crippen molar-refractivity contribution in [2.45, 2.75) is 51.1 Å². The Hall–Kier alpha value is -2.63. The van der Waals surface area contributed by atoms with Crippen molar-refractivity contribution >= 4 is 11.9 Å². The monoisotopic (exact) mass is 355 g/mol. The summed E-state index contributed by atoms with van der Waals surface area (Å²) in [5.41, 5.74) is 1.21. The van der Waals surface area contributed by atoms with Crippen molar-refractivity contribution < 1.29 is 14.7 Å². The highest BCUT2D eigenvalue weighted by Crippen LogP contribution is 2.34. The van der Waals surface area contributed by atoms with Gasteiger partial charge in [-0.15, -0.1) is 0 Å². The largest absolute Gasteiger partial charge is 0.479 e. The zero-order valence-corrected chi connectivity index (χ0v) is 15.3. The molecule has 6 nitrogen and oxygen atoms in total. The van der Waals surface area contributed by atoms with Crippen LogP contribution in [0.15, 0.2) is 36.5 Å². The van der Waals surface area contributed by atoms with Crippen molar-refractivity contribution in [2.24, 2.45) is 0 Å². The lowest BCUT2D eigenvalue weighted by atomic mass is 9.80. The maximum Gasteiger partial charge on any atom is 0.329 e. The van der Waals surface area contributed by atoms with E-state index in [0.717, 1.165) is 30.5 Å². The highest BCUT2D eigenvalue weighted by atomic mass is 16.4. The van der Waals surface area contributed by atoms with E-state index in [-0.39, 0.29) is 5.91 Å². The Morgan fingerprint density at radius 1 is 1.19 bits per heavy atom. The molecule has 0 atom stereocenters. The molecule has 0 radical (unpaired) electrons. The second kappa shape index (κ2) is 7.32. The molecule has 1 heterocycles. The lowest BCUT2D eigenvalue weighted by molar-refractivity contribution is -0.151. The Kier molecular flexibility index (Phi) is 5.11. The molecule has 1 aromatic carbocycles. The molecule has 3 rings (SSSR count). The van der Waals surface area contributed by atoms with Gasteiger partial charge in [0.05, 0.1) is 18.3 Å². The quantitative estimate of drug-likeness (QED) is 0.894. The Morgan fingerprint density at radius 2 is 1.85 bits per heavy atom. The van der Waals surface area contributed by atoms with E-state index in [1.54, 1.807) is 17.9 Å². The first-order chi connectivity index (χ1) is 12.5. The van der Waals surface area contributed by atoms with Crippen LogP contribution in [0.25, 0.3) is 0 Å². The number of benzene rings is 1. The van der Waals surface area contributed by atoms with Crippen molar-refractivity contribution in [3.05, 3.63) is 53.3 Å². The summed E-state index contributed by atoms with van der Waals surface area (Å²) in [5.74, 6) is -1.19. The zero-order chi connectivity index (χ0) is 18.7. The summed E-state index contributed by atoms with van der Waals surface area (Å²) in [4.78, 5) is 26.4. The van der Waals surface area contributed by atoms with Gasteiger partial charge in [0.1, 0.15) is 5.54 Å². The molecule has 0 spiro atoms. The Bertz CT molecular complexity index is 792. The topological polar surface area (TPSA) is 75.4 Å². The summed E-state index contributed by atoms with van der Waals surface area (Å²) in [7, 11) is 1.61. The number of carboxylic acids is 1.